The quantitative estimate of drug-likeness (QED) is 0.499. The van der Waals surface area contributed by atoms with Crippen molar-refractivity contribution in [3.8, 4) is 5.75 Å². The molecule has 0 amide bonds. The van der Waals surface area contributed by atoms with Crippen LogP contribution in [-0.2, 0) is 28.8 Å². The molecule has 2 N–H and O–H groups in total. The Bertz CT molecular complexity index is 825. The van der Waals surface area contributed by atoms with Gasteiger partial charge in [-0.15, -0.1) is 0 Å². The second kappa shape index (κ2) is 9.73. The SMILES string of the molecule is CS(=O)Nc1cccc(COc2c(Br)cc(CCC(=O)O)cc2Br)c1Cl. The summed E-state index contributed by atoms with van der Waals surface area (Å²) in [6, 6.07) is 9.05. The number of ether oxygens (including phenoxy) is 1. The summed E-state index contributed by atoms with van der Waals surface area (Å²) in [6.07, 6.45) is 2.02. The van der Waals surface area contributed by atoms with Gasteiger partial charge < -0.3 is 14.6 Å². The molecule has 9 heteroatoms. The molecule has 5 nitrogen and oxygen atoms in total. The lowest BCUT2D eigenvalue weighted by Gasteiger charge is -2.14. The summed E-state index contributed by atoms with van der Waals surface area (Å²) in [6.45, 7) is 0.219. The van der Waals surface area contributed by atoms with E-state index in [1.54, 1.807) is 12.1 Å². The molecule has 0 aliphatic carbocycles. The maximum Gasteiger partial charge on any atom is 0.303 e. The summed E-state index contributed by atoms with van der Waals surface area (Å²) in [7, 11) is -1.22. The van der Waals surface area contributed by atoms with Gasteiger partial charge in [-0.1, -0.05) is 23.7 Å². The number of rotatable bonds is 8. The van der Waals surface area contributed by atoms with Gasteiger partial charge in [-0.2, -0.15) is 0 Å². The molecule has 2 aromatic carbocycles. The Labute approximate surface area is 175 Å². The molecule has 0 saturated heterocycles. The smallest absolute Gasteiger partial charge is 0.303 e. The second-order valence-corrected chi connectivity index (χ2v) is 8.60. The van der Waals surface area contributed by atoms with Gasteiger partial charge in [0.15, 0.2) is 0 Å². The van der Waals surface area contributed by atoms with Gasteiger partial charge in [-0.3, -0.25) is 4.79 Å². The molecule has 0 aromatic heterocycles. The van der Waals surface area contributed by atoms with E-state index in [1.807, 2.05) is 18.2 Å². The van der Waals surface area contributed by atoms with E-state index in [-0.39, 0.29) is 13.0 Å². The molecule has 2 aromatic rings. The Balaban J connectivity index is 2.15. The number of benzene rings is 2. The Morgan fingerprint density at radius 2 is 1.96 bits per heavy atom. The first kappa shape index (κ1) is 21.2. The fraction of sp³-hybridized carbons (Fsp3) is 0.235. The van der Waals surface area contributed by atoms with Gasteiger partial charge in [-0.25, -0.2) is 4.21 Å². The molecule has 1 unspecified atom stereocenters. The maximum absolute atomic E-state index is 11.3. The fourth-order valence-electron chi connectivity index (χ4n) is 2.22. The van der Waals surface area contributed by atoms with Crippen LogP contribution in [0.5, 0.6) is 5.75 Å². The monoisotopic (exact) mass is 523 g/mol. The van der Waals surface area contributed by atoms with Crippen LogP contribution in [0.15, 0.2) is 39.3 Å². The van der Waals surface area contributed by atoms with E-state index < -0.39 is 17.0 Å². The van der Waals surface area contributed by atoms with Gasteiger partial charge in [-0.05, 0) is 62.0 Å². The number of aliphatic carboxylic acids is 1. The molecule has 140 valence electrons. The number of anilines is 1. The average Bonchev–Trinajstić information content (AvgIpc) is 2.55. The zero-order valence-corrected chi connectivity index (χ0v) is 18.5. The van der Waals surface area contributed by atoms with Crippen LogP contribution < -0.4 is 9.46 Å². The molecular weight excluding hydrogens is 510 g/mol. The zero-order valence-electron chi connectivity index (χ0n) is 13.7. The summed E-state index contributed by atoms with van der Waals surface area (Å²) in [5, 5.41) is 9.25. The van der Waals surface area contributed by atoms with Crippen LogP contribution in [0.25, 0.3) is 0 Å². The highest BCUT2D eigenvalue weighted by Crippen LogP contribution is 2.36. The molecule has 0 aliphatic rings. The van der Waals surface area contributed by atoms with E-state index in [0.717, 1.165) is 11.1 Å². The van der Waals surface area contributed by atoms with Crippen molar-refractivity contribution in [1.29, 1.82) is 0 Å². The molecule has 0 heterocycles. The lowest BCUT2D eigenvalue weighted by atomic mass is 10.1. The van der Waals surface area contributed by atoms with Gasteiger partial charge in [0.1, 0.15) is 23.3 Å². The molecular formula is C17H16Br2ClNO4S. The highest BCUT2D eigenvalue weighted by Gasteiger charge is 2.13. The highest BCUT2D eigenvalue weighted by molar-refractivity contribution is 9.11. The topological polar surface area (TPSA) is 75.6 Å². The van der Waals surface area contributed by atoms with Gasteiger partial charge in [0.25, 0.3) is 0 Å². The molecule has 26 heavy (non-hydrogen) atoms. The lowest BCUT2D eigenvalue weighted by Crippen LogP contribution is -2.04. The summed E-state index contributed by atoms with van der Waals surface area (Å²) < 4.78 is 21.4. The van der Waals surface area contributed by atoms with Crippen molar-refractivity contribution in [3.05, 3.63) is 55.4 Å². The van der Waals surface area contributed by atoms with Gasteiger partial charge in [0, 0.05) is 18.2 Å². The van der Waals surface area contributed by atoms with Crippen LogP contribution in [0, 0.1) is 0 Å². The number of carboxylic acids is 1. The summed E-state index contributed by atoms with van der Waals surface area (Å²) >= 11 is 13.3. The van der Waals surface area contributed by atoms with E-state index in [1.165, 1.54) is 6.26 Å². The first-order chi connectivity index (χ1) is 12.3. The Kier molecular flexibility index (Phi) is 7.94. The van der Waals surface area contributed by atoms with Crippen molar-refractivity contribution >= 4 is 66.1 Å². The van der Waals surface area contributed by atoms with Crippen molar-refractivity contribution in [2.24, 2.45) is 0 Å². The predicted molar refractivity (Wildman–Crippen MR) is 111 cm³/mol. The minimum Gasteiger partial charge on any atom is -0.486 e. The molecule has 0 radical (unpaired) electrons. The van der Waals surface area contributed by atoms with Crippen LogP contribution in [-0.4, -0.2) is 21.5 Å². The lowest BCUT2D eigenvalue weighted by molar-refractivity contribution is -0.136. The van der Waals surface area contributed by atoms with Crippen LogP contribution in [0.4, 0.5) is 5.69 Å². The summed E-state index contributed by atoms with van der Waals surface area (Å²) in [5.41, 5.74) is 2.21. The van der Waals surface area contributed by atoms with Crippen molar-refractivity contribution in [2.45, 2.75) is 19.4 Å². The van der Waals surface area contributed by atoms with Crippen molar-refractivity contribution in [2.75, 3.05) is 11.0 Å². The van der Waals surface area contributed by atoms with Crippen molar-refractivity contribution in [1.82, 2.24) is 0 Å². The first-order valence-corrected chi connectivity index (χ1v) is 11.0. The number of aryl methyl sites for hydroxylation is 1. The third-order valence-corrected chi connectivity index (χ3v) is 5.52. The van der Waals surface area contributed by atoms with Crippen LogP contribution >= 0.6 is 43.5 Å². The Hall–Kier alpha value is -1.09. The second-order valence-electron chi connectivity index (χ2n) is 5.41. The fourth-order valence-corrected chi connectivity index (χ4v) is 4.49. The number of hydrogen-bond acceptors (Lipinski definition) is 3. The Morgan fingerprint density at radius 3 is 2.54 bits per heavy atom. The first-order valence-electron chi connectivity index (χ1n) is 7.48. The maximum atomic E-state index is 11.3. The van der Waals surface area contributed by atoms with Crippen LogP contribution in [0.2, 0.25) is 5.02 Å². The third-order valence-electron chi connectivity index (χ3n) is 3.39. The zero-order chi connectivity index (χ0) is 19.3. The van der Waals surface area contributed by atoms with Gasteiger partial charge >= 0.3 is 5.97 Å². The molecule has 0 aliphatic heterocycles. The summed E-state index contributed by atoms with van der Waals surface area (Å²) in [4.78, 5) is 10.7. The van der Waals surface area contributed by atoms with E-state index in [2.05, 4.69) is 36.6 Å². The third kappa shape index (κ3) is 5.97. The molecule has 2 rings (SSSR count). The number of hydrogen-bond donors (Lipinski definition) is 2. The normalized spacial score (nSPS) is 11.8. The van der Waals surface area contributed by atoms with E-state index in [4.69, 9.17) is 21.4 Å². The van der Waals surface area contributed by atoms with E-state index in [0.29, 0.717) is 31.8 Å². The predicted octanol–water partition coefficient (Wildman–Crippen LogP) is 5.17. The molecule has 1 atom stereocenters. The number of nitrogens with one attached hydrogen (secondary N) is 1. The van der Waals surface area contributed by atoms with Crippen LogP contribution in [0.1, 0.15) is 17.5 Å². The van der Waals surface area contributed by atoms with Crippen molar-refractivity contribution < 1.29 is 18.8 Å². The minimum atomic E-state index is -1.22. The highest BCUT2D eigenvalue weighted by atomic mass is 79.9. The molecule has 0 bridgehead atoms. The van der Waals surface area contributed by atoms with Crippen LogP contribution in [0.3, 0.4) is 0 Å². The molecule has 0 saturated carbocycles. The van der Waals surface area contributed by atoms with Crippen molar-refractivity contribution in [3.63, 3.8) is 0 Å². The molecule has 0 spiro atoms. The van der Waals surface area contributed by atoms with E-state index in [9.17, 15) is 9.00 Å². The van der Waals surface area contributed by atoms with Gasteiger partial charge in [0.05, 0.1) is 19.7 Å². The number of carbonyl (C=O) groups is 1. The summed E-state index contributed by atoms with van der Waals surface area (Å²) in [5.74, 6) is -0.244. The standard InChI is InChI=1S/C17H16Br2ClNO4S/c1-26(24)21-14-4-2-3-11(16(14)20)9-25-17-12(18)7-10(8-13(17)19)5-6-15(22)23/h2-4,7-8,21H,5-6,9H2,1H3,(H,22,23). The number of halogens is 3. The van der Waals surface area contributed by atoms with Gasteiger partial charge in [0.2, 0.25) is 0 Å². The minimum absolute atomic E-state index is 0.0628. The Morgan fingerprint density at radius 1 is 1.31 bits per heavy atom. The average molecular weight is 526 g/mol. The molecule has 0 fully saturated rings. The number of carboxylic acid groups (broad SMARTS) is 1. The van der Waals surface area contributed by atoms with E-state index >= 15 is 0 Å². The largest absolute Gasteiger partial charge is 0.486 e.